The number of hydrogen-bond acceptors (Lipinski definition) is 2. The first-order valence-corrected chi connectivity index (χ1v) is 10.8. The van der Waals surface area contributed by atoms with Crippen LogP contribution >= 0.6 is 31.9 Å². The number of fused-ring (bicyclic) bond motifs is 3. The molecule has 0 atom stereocenters. The van der Waals surface area contributed by atoms with Crippen LogP contribution in [0, 0.1) is 0 Å². The number of hydrogen-bond donors (Lipinski definition) is 0. The molecule has 0 aliphatic rings. The summed E-state index contributed by atoms with van der Waals surface area (Å²) in [5.74, 6) is 0. The van der Waals surface area contributed by atoms with Crippen molar-refractivity contribution in [3.05, 3.63) is 45.1 Å². The minimum absolute atomic E-state index is 0.981. The van der Waals surface area contributed by atoms with Crippen molar-refractivity contribution in [2.45, 2.75) is 58.3 Å². The van der Waals surface area contributed by atoms with Crippen molar-refractivity contribution in [1.29, 1.82) is 0 Å². The maximum atomic E-state index is 4.96. The van der Waals surface area contributed by atoms with Gasteiger partial charge < -0.3 is 0 Å². The van der Waals surface area contributed by atoms with Crippen molar-refractivity contribution in [3.8, 4) is 0 Å². The van der Waals surface area contributed by atoms with Crippen LogP contribution in [0.15, 0.2) is 39.4 Å². The van der Waals surface area contributed by atoms with Crippen molar-refractivity contribution in [2.75, 3.05) is 0 Å². The van der Waals surface area contributed by atoms with E-state index in [0.717, 1.165) is 42.9 Å². The van der Waals surface area contributed by atoms with E-state index in [2.05, 4.69) is 68.0 Å². The Morgan fingerprint density at radius 1 is 0.840 bits per heavy atom. The summed E-state index contributed by atoms with van der Waals surface area (Å²) in [7, 11) is 0. The van der Waals surface area contributed by atoms with Gasteiger partial charge in [0.2, 0.25) is 0 Å². The molecule has 0 aliphatic carbocycles. The molecule has 3 aromatic rings. The normalized spacial score (nSPS) is 11.5. The summed E-state index contributed by atoms with van der Waals surface area (Å²) in [5, 5.41) is 2.26. The second-order valence-corrected chi connectivity index (χ2v) is 8.42. The smallest absolute Gasteiger partial charge is 0.0968 e. The molecule has 0 saturated carbocycles. The van der Waals surface area contributed by atoms with E-state index >= 15 is 0 Å². The Morgan fingerprint density at radius 2 is 1.52 bits per heavy atom. The first kappa shape index (κ1) is 18.8. The molecule has 132 valence electrons. The van der Waals surface area contributed by atoms with E-state index in [9.17, 15) is 0 Å². The standard InChI is InChI=1S/C21H24Br2N2/c1-2-3-4-5-6-7-8-9-19-18(23)13-16-11-10-15-12-17(22)14-24-20(15)21(16)25-19/h10-14H,2-9H2,1H3. The highest BCUT2D eigenvalue weighted by atomic mass is 79.9. The SMILES string of the molecule is CCCCCCCCCc1nc2c(ccc3cc(Br)cnc32)cc1Br. The van der Waals surface area contributed by atoms with Crippen LogP contribution in [0.25, 0.3) is 21.8 Å². The summed E-state index contributed by atoms with van der Waals surface area (Å²) in [5.41, 5.74) is 3.14. The summed E-state index contributed by atoms with van der Waals surface area (Å²) >= 11 is 7.20. The topological polar surface area (TPSA) is 25.8 Å². The molecule has 25 heavy (non-hydrogen) atoms. The predicted molar refractivity (Wildman–Crippen MR) is 114 cm³/mol. The number of aromatic nitrogens is 2. The maximum Gasteiger partial charge on any atom is 0.0968 e. The second kappa shape index (κ2) is 9.09. The highest BCUT2D eigenvalue weighted by molar-refractivity contribution is 9.10. The molecule has 2 heterocycles. The molecule has 4 heteroatoms. The molecule has 0 amide bonds. The van der Waals surface area contributed by atoms with Crippen molar-refractivity contribution >= 4 is 53.7 Å². The van der Waals surface area contributed by atoms with Gasteiger partial charge in [-0.25, -0.2) is 4.98 Å². The first-order chi connectivity index (χ1) is 12.2. The maximum absolute atomic E-state index is 4.96. The summed E-state index contributed by atoms with van der Waals surface area (Å²) in [6, 6.07) is 8.52. The van der Waals surface area contributed by atoms with Crippen LogP contribution in [0.5, 0.6) is 0 Å². The van der Waals surface area contributed by atoms with E-state index < -0.39 is 0 Å². The van der Waals surface area contributed by atoms with Gasteiger partial charge in [0.05, 0.1) is 16.7 Å². The lowest BCUT2D eigenvalue weighted by Gasteiger charge is -2.08. The molecule has 0 unspecified atom stereocenters. The minimum Gasteiger partial charge on any atom is -0.253 e. The third-order valence-electron chi connectivity index (χ3n) is 4.65. The molecule has 0 radical (unpaired) electrons. The van der Waals surface area contributed by atoms with Crippen LogP contribution in [0.4, 0.5) is 0 Å². The zero-order chi connectivity index (χ0) is 17.6. The van der Waals surface area contributed by atoms with Crippen molar-refractivity contribution in [1.82, 2.24) is 9.97 Å². The number of benzene rings is 1. The highest BCUT2D eigenvalue weighted by Gasteiger charge is 2.09. The molecule has 0 aliphatic heterocycles. The Hall–Kier alpha value is -1.00. The van der Waals surface area contributed by atoms with Crippen molar-refractivity contribution < 1.29 is 0 Å². The molecule has 2 aromatic heterocycles. The van der Waals surface area contributed by atoms with Gasteiger partial charge in [0, 0.05) is 25.9 Å². The van der Waals surface area contributed by atoms with Gasteiger partial charge in [-0.2, -0.15) is 0 Å². The van der Waals surface area contributed by atoms with Crippen LogP contribution in [0.3, 0.4) is 0 Å². The zero-order valence-corrected chi connectivity index (χ0v) is 17.9. The summed E-state index contributed by atoms with van der Waals surface area (Å²) in [6.45, 7) is 2.26. The lowest BCUT2D eigenvalue weighted by Crippen LogP contribution is -1.95. The van der Waals surface area contributed by atoms with Gasteiger partial charge in [0.1, 0.15) is 0 Å². The Labute approximate surface area is 166 Å². The van der Waals surface area contributed by atoms with Gasteiger partial charge in [-0.05, 0) is 56.8 Å². The first-order valence-electron chi connectivity index (χ1n) is 9.22. The monoisotopic (exact) mass is 462 g/mol. The molecule has 0 bridgehead atoms. The van der Waals surface area contributed by atoms with Crippen LogP contribution in [0.1, 0.15) is 57.6 Å². The summed E-state index contributed by atoms with van der Waals surface area (Å²) in [4.78, 5) is 9.55. The van der Waals surface area contributed by atoms with Gasteiger partial charge in [-0.15, -0.1) is 0 Å². The van der Waals surface area contributed by atoms with Gasteiger partial charge in [-0.1, -0.05) is 57.6 Å². The fourth-order valence-electron chi connectivity index (χ4n) is 3.24. The average Bonchev–Trinajstić information content (AvgIpc) is 2.61. The largest absolute Gasteiger partial charge is 0.253 e. The quantitative estimate of drug-likeness (QED) is 0.254. The highest BCUT2D eigenvalue weighted by Crippen LogP contribution is 2.28. The zero-order valence-electron chi connectivity index (χ0n) is 14.7. The Morgan fingerprint density at radius 3 is 2.28 bits per heavy atom. The van der Waals surface area contributed by atoms with Gasteiger partial charge in [-0.3, -0.25) is 4.98 Å². The van der Waals surface area contributed by atoms with Crippen LogP contribution in [0.2, 0.25) is 0 Å². The molecule has 0 N–H and O–H groups in total. The number of pyridine rings is 2. The number of halogens is 2. The van der Waals surface area contributed by atoms with E-state index in [4.69, 9.17) is 4.98 Å². The summed E-state index contributed by atoms with van der Waals surface area (Å²) < 4.78 is 2.11. The van der Waals surface area contributed by atoms with Crippen molar-refractivity contribution in [3.63, 3.8) is 0 Å². The van der Waals surface area contributed by atoms with Gasteiger partial charge >= 0.3 is 0 Å². The molecule has 0 fully saturated rings. The number of unbranched alkanes of at least 4 members (excludes halogenated alkanes) is 6. The number of nitrogens with zero attached hydrogens (tertiary/aromatic N) is 2. The van der Waals surface area contributed by atoms with E-state index in [-0.39, 0.29) is 0 Å². The van der Waals surface area contributed by atoms with Gasteiger partial charge in [0.25, 0.3) is 0 Å². The van der Waals surface area contributed by atoms with Crippen molar-refractivity contribution in [2.24, 2.45) is 0 Å². The lowest BCUT2D eigenvalue weighted by atomic mass is 10.1. The second-order valence-electron chi connectivity index (χ2n) is 6.65. The molecule has 0 spiro atoms. The molecule has 2 nitrogen and oxygen atoms in total. The molecule has 1 aromatic carbocycles. The van der Waals surface area contributed by atoms with E-state index in [0.29, 0.717) is 0 Å². The van der Waals surface area contributed by atoms with Crippen LogP contribution < -0.4 is 0 Å². The predicted octanol–water partition coefficient (Wildman–Crippen LogP) is 7.60. The third kappa shape index (κ3) is 4.79. The van der Waals surface area contributed by atoms with Crippen LogP contribution in [-0.4, -0.2) is 9.97 Å². The van der Waals surface area contributed by atoms with E-state index in [1.54, 1.807) is 0 Å². The minimum atomic E-state index is 0.981. The fourth-order valence-corrected chi connectivity index (χ4v) is 4.12. The van der Waals surface area contributed by atoms with Gasteiger partial charge in [0.15, 0.2) is 0 Å². The molecular formula is C21H24Br2N2. The van der Waals surface area contributed by atoms with E-state index in [1.807, 2.05) is 6.20 Å². The lowest BCUT2D eigenvalue weighted by molar-refractivity contribution is 0.587. The average molecular weight is 464 g/mol. The Kier molecular flexibility index (Phi) is 6.83. The number of aryl methyl sites for hydroxylation is 1. The fraction of sp³-hybridized carbons (Fsp3) is 0.429. The third-order valence-corrected chi connectivity index (χ3v) is 5.77. The van der Waals surface area contributed by atoms with E-state index in [1.165, 1.54) is 44.9 Å². The Bertz CT molecular complexity index is 861. The molecule has 0 saturated heterocycles. The summed E-state index contributed by atoms with van der Waals surface area (Å²) in [6.07, 6.45) is 12.1. The molecule has 3 rings (SSSR count). The van der Waals surface area contributed by atoms with Crippen LogP contribution in [-0.2, 0) is 6.42 Å². The Balaban J connectivity index is 1.74. The number of rotatable bonds is 8. The molecular weight excluding hydrogens is 440 g/mol.